The van der Waals surface area contributed by atoms with Crippen molar-refractivity contribution in [3.8, 4) is 0 Å². The van der Waals surface area contributed by atoms with Gasteiger partial charge in [-0.3, -0.25) is 0 Å². The topological polar surface area (TPSA) is 28.2 Å². The van der Waals surface area contributed by atoms with Gasteiger partial charge >= 0.3 is 0 Å². The molecule has 1 aliphatic rings. The van der Waals surface area contributed by atoms with Crippen LogP contribution in [0.5, 0.6) is 0 Å². The summed E-state index contributed by atoms with van der Waals surface area (Å²) in [7, 11) is 2.03. The zero-order valence-electron chi connectivity index (χ0n) is 9.83. The number of pyridine rings is 1. The molecule has 0 aliphatic carbocycles. The summed E-state index contributed by atoms with van der Waals surface area (Å²) >= 11 is 5.93. The fourth-order valence-electron chi connectivity index (χ4n) is 2.16. The maximum atomic E-state index is 5.93. The highest BCUT2D eigenvalue weighted by atomic mass is 35.5. The molecule has 3 nitrogen and oxygen atoms in total. The second kappa shape index (κ2) is 5.02. The summed E-state index contributed by atoms with van der Waals surface area (Å²) in [6.45, 7) is 4.17. The summed E-state index contributed by atoms with van der Waals surface area (Å²) in [5.74, 6) is 0. The molecule has 0 amide bonds. The molecule has 0 spiro atoms. The Labute approximate surface area is 102 Å². The first-order valence-corrected chi connectivity index (χ1v) is 6.13. The van der Waals surface area contributed by atoms with Crippen LogP contribution in [0.1, 0.15) is 18.4 Å². The third-order valence-electron chi connectivity index (χ3n) is 3.19. The summed E-state index contributed by atoms with van der Waals surface area (Å²) in [6, 6.07) is 2.71. The van der Waals surface area contributed by atoms with Crippen molar-refractivity contribution in [2.75, 3.05) is 25.0 Å². The van der Waals surface area contributed by atoms with Crippen molar-refractivity contribution in [1.82, 2.24) is 10.3 Å². The van der Waals surface area contributed by atoms with Crippen molar-refractivity contribution in [3.05, 3.63) is 23.0 Å². The number of nitrogens with zero attached hydrogens (tertiary/aromatic N) is 2. The van der Waals surface area contributed by atoms with E-state index in [1.54, 1.807) is 0 Å². The summed E-state index contributed by atoms with van der Waals surface area (Å²) in [6.07, 6.45) is 4.35. The van der Waals surface area contributed by atoms with Gasteiger partial charge in [-0.2, -0.15) is 0 Å². The van der Waals surface area contributed by atoms with Crippen LogP contribution in [0.25, 0.3) is 0 Å². The molecule has 4 heteroatoms. The normalized spacial score (nSPS) is 21.2. The number of aryl methyl sites for hydroxylation is 1. The summed E-state index contributed by atoms with van der Waals surface area (Å²) < 4.78 is 0. The molecule has 1 N–H and O–H groups in total. The Balaban J connectivity index is 2.13. The molecule has 0 bridgehead atoms. The van der Waals surface area contributed by atoms with E-state index in [-0.39, 0.29) is 0 Å². The first-order valence-electron chi connectivity index (χ1n) is 5.75. The van der Waals surface area contributed by atoms with Crippen molar-refractivity contribution in [2.45, 2.75) is 25.8 Å². The second-order valence-corrected chi connectivity index (χ2v) is 4.73. The molecular weight excluding hydrogens is 222 g/mol. The van der Waals surface area contributed by atoms with E-state index in [4.69, 9.17) is 11.6 Å². The van der Waals surface area contributed by atoms with Crippen LogP contribution in [-0.4, -0.2) is 31.2 Å². The molecule has 2 rings (SSSR count). The standard InChI is InChI=1S/C12H18ClN3/c1-9-6-11(7-15-12(9)13)16-5-3-4-10(8-16)14-2/h6-7,10,14H,3-5,8H2,1-2H3/t10-/m1/s1. The minimum Gasteiger partial charge on any atom is -0.369 e. The van der Waals surface area contributed by atoms with Gasteiger partial charge in [0.1, 0.15) is 5.15 Å². The molecule has 16 heavy (non-hydrogen) atoms. The van der Waals surface area contributed by atoms with Gasteiger partial charge in [-0.1, -0.05) is 11.6 Å². The average Bonchev–Trinajstić information content (AvgIpc) is 2.33. The maximum Gasteiger partial charge on any atom is 0.132 e. The van der Waals surface area contributed by atoms with Gasteiger partial charge in [0.05, 0.1) is 11.9 Å². The minimum atomic E-state index is 0.588. The predicted molar refractivity (Wildman–Crippen MR) is 68.3 cm³/mol. The smallest absolute Gasteiger partial charge is 0.132 e. The molecule has 0 saturated carbocycles. The van der Waals surface area contributed by atoms with Crippen LogP contribution in [0.3, 0.4) is 0 Å². The summed E-state index contributed by atoms with van der Waals surface area (Å²) in [5.41, 5.74) is 2.23. The number of rotatable bonds is 2. The highest BCUT2D eigenvalue weighted by Gasteiger charge is 2.19. The van der Waals surface area contributed by atoms with Crippen molar-refractivity contribution in [3.63, 3.8) is 0 Å². The zero-order chi connectivity index (χ0) is 11.5. The summed E-state index contributed by atoms with van der Waals surface area (Å²) in [4.78, 5) is 6.58. The average molecular weight is 240 g/mol. The van der Waals surface area contributed by atoms with Crippen molar-refractivity contribution < 1.29 is 0 Å². The molecule has 0 aromatic carbocycles. The number of piperidine rings is 1. The fourth-order valence-corrected chi connectivity index (χ4v) is 2.27. The number of aromatic nitrogens is 1. The van der Waals surface area contributed by atoms with Gasteiger partial charge < -0.3 is 10.2 Å². The van der Waals surface area contributed by atoms with E-state index in [0.29, 0.717) is 11.2 Å². The fraction of sp³-hybridized carbons (Fsp3) is 0.583. The maximum absolute atomic E-state index is 5.93. The van der Waals surface area contributed by atoms with Crippen LogP contribution in [0.4, 0.5) is 5.69 Å². The molecule has 2 heterocycles. The van der Waals surface area contributed by atoms with Crippen LogP contribution < -0.4 is 10.2 Å². The minimum absolute atomic E-state index is 0.588. The third-order valence-corrected chi connectivity index (χ3v) is 3.59. The first-order chi connectivity index (χ1) is 7.70. The van der Waals surface area contributed by atoms with Crippen molar-refractivity contribution in [1.29, 1.82) is 0 Å². The van der Waals surface area contributed by atoms with Crippen LogP contribution in [-0.2, 0) is 0 Å². The van der Waals surface area contributed by atoms with Crippen molar-refractivity contribution in [2.24, 2.45) is 0 Å². The number of likely N-dealkylation sites (N-methyl/N-ethyl adjacent to an activating group) is 1. The van der Waals surface area contributed by atoms with Crippen LogP contribution >= 0.6 is 11.6 Å². The Morgan fingerprint density at radius 2 is 2.38 bits per heavy atom. The first kappa shape index (κ1) is 11.7. The molecule has 0 radical (unpaired) electrons. The lowest BCUT2D eigenvalue weighted by atomic mass is 10.1. The summed E-state index contributed by atoms with van der Waals surface area (Å²) in [5, 5.41) is 3.94. The molecule has 0 unspecified atom stereocenters. The van der Waals surface area contributed by atoms with Crippen molar-refractivity contribution >= 4 is 17.3 Å². The van der Waals surface area contributed by atoms with Crippen LogP contribution in [0.2, 0.25) is 5.15 Å². The second-order valence-electron chi connectivity index (χ2n) is 4.38. The third kappa shape index (κ3) is 2.47. The molecule has 1 saturated heterocycles. The molecule has 1 fully saturated rings. The molecule has 1 aromatic heterocycles. The highest BCUT2D eigenvalue weighted by molar-refractivity contribution is 6.30. The van der Waals surface area contributed by atoms with Crippen LogP contribution in [0.15, 0.2) is 12.3 Å². The molecule has 88 valence electrons. The number of anilines is 1. The van der Waals surface area contributed by atoms with E-state index in [0.717, 1.165) is 18.7 Å². The quantitative estimate of drug-likeness (QED) is 0.803. The van der Waals surface area contributed by atoms with E-state index >= 15 is 0 Å². The Hall–Kier alpha value is -0.800. The van der Waals surface area contributed by atoms with Gasteiger partial charge in [-0.15, -0.1) is 0 Å². The van der Waals surface area contributed by atoms with Gasteiger partial charge in [-0.25, -0.2) is 4.98 Å². The Kier molecular flexibility index (Phi) is 3.66. The van der Waals surface area contributed by atoms with E-state index in [9.17, 15) is 0 Å². The SMILES string of the molecule is CN[C@@H]1CCCN(c2cnc(Cl)c(C)c2)C1. The van der Waals surface area contributed by atoms with Crippen LogP contribution in [0, 0.1) is 6.92 Å². The lowest BCUT2D eigenvalue weighted by Gasteiger charge is -2.34. The largest absolute Gasteiger partial charge is 0.369 e. The number of halogens is 1. The van der Waals surface area contributed by atoms with Gasteiger partial charge in [-0.05, 0) is 38.4 Å². The lowest BCUT2D eigenvalue weighted by Crippen LogP contribution is -2.44. The number of hydrogen-bond donors (Lipinski definition) is 1. The number of hydrogen-bond acceptors (Lipinski definition) is 3. The Bertz CT molecular complexity index is 367. The molecular formula is C12H18ClN3. The van der Waals surface area contributed by atoms with Gasteiger partial charge in [0.15, 0.2) is 0 Å². The van der Waals surface area contributed by atoms with Gasteiger partial charge in [0.25, 0.3) is 0 Å². The monoisotopic (exact) mass is 239 g/mol. The molecule has 1 aromatic rings. The Morgan fingerprint density at radius 1 is 1.56 bits per heavy atom. The lowest BCUT2D eigenvalue weighted by molar-refractivity contribution is 0.449. The van der Waals surface area contributed by atoms with E-state index in [1.807, 2.05) is 20.2 Å². The molecule has 1 aliphatic heterocycles. The predicted octanol–water partition coefficient (Wildman–Crippen LogP) is 2.23. The van der Waals surface area contributed by atoms with Gasteiger partial charge in [0, 0.05) is 19.1 Å². The van der Waals surface area contributed by atoms with Gasteiger partial charge in [0.2, 0.25) is 0 Å². The molecule has 1 atom stereocenters. The van der Waals surface area contributed by atoms with E-state index in [1.165, 1.54) is 18.5 Å². The van der Waals surface area contributed by atoms with E-state index < -0.39 is 0 Å². The Morgan fingerprint density at radius 3 is 3.06 bits per heavy atom. The zero-order valence-corrected chi connectivity index (χ0v) is 10.6. The highest BCUT2D eigenvalue weighted by Crippen LogP contribution is 2.22. The number of nitrogens with one attached hydrogen (secondary N) is 1. The van der Waals surface area contributed by atoms with E-state index in [2.05, 4.69) is 21.3 Å².